The zero-order valence-electron chi connectivity index (χ0n) is 9.74. The van der Waals surface area contributed by atoms with Crippen molar-refractivity contribution in [3.63, 3.8) is 0 Å². The summed E-state index contributed by atoms with van der Waals surface area (Å²) in [5, 5.41) is 0. The van der Waals surface area contributed by atoms with Crippen LogP contribution in [0.2, 0.25) is 0 Å². The summed E-state index contributed by atoms with van der Waals surface area (Å²) in [4.78, 5) is 0. The van der Waals surface area contributed by atoms with Crippen LogP contribution in [0.5, 0.6) is 5.75 Å². The fourth-order valence-corrected chi connectivity index (χ4v) is 3.92. The van der Waals surface area contributed by atoms with Crippen molar-refractivity contribution in [1.82, 2.24) is 0 Å². The number of thioether (sulfide) groups is 1. The van der Waals surface area contributed by atoms with Gasteiger partial charge in [0, 0.05) is 11.2 Å². The average molecular weight is 237 g/mol. The van der Waals surface area contributed by atoms with E-state index in [1.807, 2.05) is 11.8 Å². The summed E-state index contributed by atoms with van der Waals surface area (Å²) in [6.07, 6.45) is 2.34. The molecule has 0 bridgehead atoms. The Hall–Kier alpha value is -0.670. The molecule has 2 N–H and O–H groups in total. The van der Waals surface area contributed by atoms with Gasteiger partial charge in [-0.25, -0.2) is 0 Å². The normalized spacial score (nSPS) is 24.6. The van der Waals surface area contributed by atoms with Crippen LogP contribution < -0.4 is 10.5 Å². The van der Waals surface area contributed by atoms with Crippen molar-refractivity contribution in [3.05, 3.63) is 29.8 Å². The van der Waals surface area contributed by atoms with E-state index >= 15 is 0 Å². The largest absolute Gasteiger partial charge is 0.497 e. The van der Waals surface area contributed by atoms with Crippen LogP contribution in [-0.2, 0) is 5.41 Å². The molecule has 1 heterocycles. The summed E-state index contributed by atoms with van der Waals surface area (Å²) in [7, 11) is 1.70. The first-order valence-corrected chi connectivity index (χ1v) is 6.88. The van der Waals surface area contributed by atoms with Crippen LogP contribution in [0, 0.1) is 0 Å². The summed E-state index contributed by atoms with van der Waals surface area (Å²) in [5.74, 6) is 3.39. The summed E-state index contributed by atoms with van der Waals surface area (Å²) < 4.78 is 5.19. The van der Waals surface area contributed by atoms with Gasteiger partial charge in [-0.3, -0.25) is 0 Å². The molecular weight excluding hydrogens is 218 g/mol. The monoisotopic (exact) mass is 237 g/mol. The predicted octanol–water partition coefficient (Wildman–Crippen LogP) is 2.42. The maximum absolute atomic E-state index is 5.75. The Morgan fingerprint density at radius 2 is 2.12 bits per heavy atom. The maximum atomic E-state index is 5.75. The highest BCUT2D eigenvalue weighted by Crippen LogP contribution is 2.41. The summed E-state index contributed by atoms with van der Waals surface area (Å²) in [6.45, 7) is 0.770. The van der Waals surface area contributed by atoms with E-state index in [1.54, 1.807) is 7.11 Å². The second-order valence-corrected chi connectivity index (χ2v) is 5.46. The molecule has 0 radical (unpaired) electrons. The molecule has 1 unspecified atom stereocenters. The fraction of sp³-hybridized carbons (Fsp3) is 0.538. The first kappa shape index (κ1) is 11.8. The quantitative estimate of drug-likeness (QED) is 0.873. The van der Waals surface area contributed by atoms with Gasteiger partial charge < -0.3 is 10.5 Å². The molecule has 1 saturated heterocycles. The molecule has 1 aliphatic heterocycles. The van der Waals surface area contributed by atoms with Crippen LogP contribution in [0.25, 0.3) is 0 Å². The third kappa shape index (κ3) is 2.20. The van der Waals surface area contributed by atoms with E-state index in [4.69, 9.17) is 10.5 Å². The summed E-state index contributed by atoms with van der Waals surface area (Å²) in [6, 6.07) is 8.49. The van der Waals surface area contributed by atoms with Gasteiger partial charge in [-0.05, 0) is 42.8 Å². The zero-order chi connectivity index (χ0) is 11.4. The van der Waals surface area contributed by atoms with E-state index < -0.39 is 0 Å². The molecule has 1 aliphatic rings. The Bertz CT molecular complexity index is 330. The average Bonchev–Trinajstić information content (AvgIpc) is 2.80. The van der Waals surface area contributed by atoms with E-state index in [9.17, 15) is 0 Å². The van der Waals surface area contributed by atoms with E-state index in [2.05, 4.69) is 24.3 Å². The Balaban J connectivity index is 2.24. The highest BCUT2D eigenvalue weighted by Gasteiger charge is 2.35. The number of benzene rings is 1. The van der Waals surface area contributed by atoms with Crippen LogP contribution in [0.4, 0.5) is 0 Å². The molecule has 1 aromatic rings. The topological polar surface area (TPSA) is 35.2 Å². The lowest BCUT2D eigenvalue weighted by molar-refractivity contribution is 0.412. The molecular formula is C13H19NOS. The fourth-order valence-electron chi connectivity index (χ4n) is 2.40. The molecule has 1 aromatic carbocycles. The minimum absolute atomic E-state index is 0.311. The Labute approximate surface area is 102 Å². The van der Waals surface area contributed by atoms with Crippen LogP contribution in [0.3, 0.4) is 0 Å². The number of ether oxygens (including phenoxy) is 1. The minimum Gasteiger partial charge on any atom is -0.497 e. The molecule has 1 atom stereocenters. The van der Waals surface area contributed by atoms with Gasteiger partial charge in [0.15, 0.2) is 0 Å². The second kappa shape index (κ2) is 5.11. The van der Waals surface area contributed by atoms with Crippen molar-refractivity contribution < 1.29 is 4.74 Å². The predicted molar refractivity (Wildman–Crippen MR) is 70.3 cm³/mol. The summed E-state index contributed by atoms with van der Waals surface area (Å²) in [5.41, 5.74) is 7.48. The molecule has 0 aromatic heterocycles. The molecule has 0 spiro atoms. The lowest BCUT2D eigenvalue weighted by Crippen LogP contribution is -2.28. The molecule has 3 heteroatoms. The molecule has 88 valence electrons. The molecule has 1 fully saturated rings. The molecule has 0 aliphatic carbocycles. The van der Waals surface area contributed by atoms with Gasteiger partial charge in [0.1, 0.15) is 5.75 Å². The van der Waals surface area contributed by atoms with Gasteiger partial charge in [0.05, 0.1) is 7.11 Å². The number of nitrogens with two attached hydrogens (primary N) is 1. The highest BCUT2D eigenvalue weighted by atomic mass is 32.2. The second-order valence-electron chi connectivity index (χ2n) is 4.35. The first-order chi connectivity index (χ1) is 7.80. The standard InChI is InChI=1S/C13H19NOS/c1-15-12-4-2-11(3-5-12)13(6-8-14)7-9-16-10-13/h2-5H,6-10,14H2,1H3. The van der Waals surface area contributed by atoms with Crippen molar-refractivity contribution in [3.8, 4) is 5.75 Å². The molecule has 0 saturated carbocycles. The van der Waals surface area contributed by atoms with Crippen molar-refractivity contribution in [2.75, 3.05) is 25.2 Å². The first-order valence-electron chi connectivity index (χ1n) is 5.73. The third-order valence-electron chi connectivity index (χ3n) is 3.43. The number of rotatable bonds is 4. The lowest BCUT2D eigenvalue weighted by Gasteiger charge is -2.28. The van der Waals surface area contributed by atoms with Gasteiger partial charge >= 0.3 is 0 Å². The van der Waals surface area contributed by atoms with Gasteiger partial charge in [0.2, 0.25) is 0 Å². The van der Waals surface area contributed by atoms with Gasteiger partial charge in [-0.15, -0.1) is 0 Å². The zero-order valence-corrected chi connectivity index (χ0v) is 10.6. The third-order valence-corrected chi connectivity index (χ3v) is 4.68. The van der Waals surface area contributed by atoms with E-state index in [0.717, 1.165) is 18.7 Å². The number of methoxy groups -OCH3 is 1. The molecule has 16 heavy (non-hydrogen) atoms. The van der Waals surface area contributed by atoms with Crippen LogP contribution in [0.1, 0.15) is 18.4 Å². The summed E-state index contributed by atoms with van der Waals surface area (Å²) >= 11 is 2.04. The number of hydrogen-bond donors (Lipinski definition) is 1. The Morgan fingerprint density at radius 1 is 1.38 bits per heavy atom. The lowest BCUT2D eigenvalue weighted by atomic mass is 9.77. The van der Waals surface area contributed by atoms with Crippen LogP contribution in [-0.4, -0.2) is 25.2 Å². The molecule has 2 rings (SSSR count). The Morgan fingerprint density at radius 3 is 2.62 bits per heavy atom. The maximum Gasteiger partial charge on any atom is 0.118 e. The van der Waals surface area contributed by atoms with Crippen molar-refractivity contribution in [2.24, 2.45) is 5.73 Å². The van der Waals surface area contributed by atoms with Crippen LogP contribution in [0.15, 0.2) is 24.3 Å². The van der Waals surface area contributed by atoms with Crippen molar-refractivity contribution in [2.45, 2.75) is 18.3 Å². The van der Waals surface area contributed by atoms with Gasteiger partial charge in [-0.2, -0.15) is 11.8 Å². The number of hydrogen-bond acceptors (Lipinski definition) is 3. The molecule has 2 nitrogen and oxygen atoms in total. The van der Waals surface area contributed by atoms with Crippen molar-refractivity contribution in [1.29, 1.82) is 0 Å². The highest BCUT2D eigenvalue weighted by molar-refractivity contribution is 7.99. The van der Waals surface area contributed by atoms with E-state index in [-0.39, 0.29) is 0 Å². The van der Waals surface area contributed by atoms with Crippen molar-refractivity contribution >= 4 is 11.8 Å². The van der Waals surface area contributed by atoms with Crippen LogP contribution >= 0.6 is 11.8 Å². The van der Waals surface area contributed by atoms with E-state index in [0.29, 0.717) is 5.41 Å². The van der Waals surface area contributed by atoms with E-state index in [1.165, 1.54) is 23.5 Å². The van der Waals surface area contributed by atoms with Gasteiger partial charge in [0.25, 0.3) is 0 Å². The molecule has 0 amide bonds. The smallest absolute Gasteiger partial charge is 0.118 e. The SMILES string of the molecule is COc1ccc(C2(CCN)CCSC2)cc1. The Kier molecular flexibility index (Phi) is 3.77. The van der Waals surface area contributed by atoms with Gasteiger partial charge in [-0.1, -0.05) is 12.1 Å². The minimum atomic E-state index is 0.311.